The van der Waals surface area contributed by atoms with Crippen LogP contribution in [0, 0.1) is 18.3 Å². The number of terminal acetylenes is 1. The molecule has 3 atom stereocenters. The Bertz CT molecular complexity index is 1480. The van der Waals surface area contributed by atoms with Gasteiger partial charge in [-0.05, 0) is 97.4 Å². The summed E-state index contributed by atoms with van der Waals surface area (Å²) in [7, 11) is 0. The van der Waals surface area contributed by atoms with Gasteiger partial charge in [0.05, 0.1) is 23.8 Å². The van der Waals surface area contributed by atoms with E-state index in [1.807, 2.05) is 31.0 Å². The molecule has 43 heavy (non-hydrogen) atoms. The van der Waals surface area contributed by atoms with Crippen LogP contribution in [0.5, 0.6) is 5.75 Å². The number of carbonyl (C=O) groups excluding carboxylic acids is 3. The number of nitrogens with one attached hydrogen (secondary N) is 1. The molecule has 0 spiro atoms. The lowest BCUT2D eigenvalue weighted by Gasteiger charge is -2.33. The van der Waals surface area contributed by atoms with Crippen LogP contribution in [0.2, 0.25) is 5.02 Å². The molecule has 226 valence electrons. The van der Waals surface area contributed by atoms with Crippen LogP contribution in [0.3, 0.4) is 0 Å². The summed E-state index contributed by atoms with van der Waals surface area (Å²) in [5.74, 6) is 1.67. The fraction of sp³-hybridized carbons (Fsp3) is 0.382. The molecular weight excluding hydrogens is 570 g/mol. The van der Waals surface area contributed by atoms with E-state index in [1.54, 1.807) is 36.4 Å². The van der Waals surface area contributed by atoms with Crippen LogP contribution in [0.1, 0.15) is 67.8 Å². The molecule has 0 aliphatic heterocycles. The Labute approximate surface area is 257 Å². The molecule has 3 aromatic rings. The first kappa shape index (κ1) is 31.7. The van der Waals surface area contributed by atoms with Crippen LogP contribution in [-0.4, -0.2) is 44.0 Å². The highest BCUT2D eigenvalue weighted by Gasteiger charge is 2.31. The van der Waals surface area contributed by atoms with Crippen molar-refractivity contribution in [2.24, 2.45) is 5.92 Å². The molecule has 0 amide bonds. The fourth-order valence-electron chi connectivity index (χ4n) is 5.31. The molecule has 3 aromatic carbocycles. The summed E-state index contributed by atoms with van der Waals surface area (Å²) in [6, 6.07) is 16.3. The van der Waals surface area contributed by atoms with Gasteiger partial charge >= 0.3 is 18.1 Å². The minimum absolute atomic E-state index is 0.144. The van der Waals surface area contributed by atoms with Gasteiger partial charge in [0.15, 0.2) is 0 Å². The minimum atomic E-state index is -0.677. The zero-order valence-electron chi connectivity index (χ0n) is 24.4. The van der Waals surface area contributed by atoms with Crippen molar-refractivity contribution >= 4 is 46.2 Å². The van der Waals surface area contributed by atoms with E-state index in [-0.39, 0.29) is 18.6 Å². The molecule has 1 fully saturated rings. The summed E-state index contributed by atoms with van der Waals surface area (Å²) in [4.78, 5) is 35.8. The summed E-state index contributed by atoms with van der Waals surface area (Å²) in [6.45, 7) is 5.24. The molecule has 0 heterocycles. The third-order valence-electron chi connectivity index (χ3n) is 7.31. The summed E-state index contributed by atoms with van der Waals surface area (Å²) in [6.07, 6.45) is 7.88. The van der Waals surface area contributed by atoms with Crippen LogP contribution < -0.4 is 10.1 Å². The van der Waals surface area contributed by atoms with Crippen molar-refractivity contribution in [2.75, 3.05) is 25.1 Å². The van der Waals surface area contributed by atoms with Crippen molar-refractivity contribution in [3.8, 4) is 18.1 Å². The maximum atomic E-state index is 12.8. The summed E-state index contributed by atoms with van der Waals surface area (Å²) in [5.41, 5.74) is 2.24. The van der Waals surface area contributed by atoms with Crippen LogP contribution >= 0.6 is 11.6 Å². The highest BCUT2D eigenvalue weighted by Crippen LogP contribution is 2.42. The molecule has 3 unspecified atom stereocenters. The Balaban J connectivity index is 1.36. The van der Waals surface area contributed by atoms with Gasteiger partial charge in [-0.1, -0.05) is 37.6 Å². The van der Waals surface area contributed by atoms with Gasteiger partial charge < -0.3 is 24.3 Å². The smallest absolute Gasteiger partial charge is 0.456 e. The maximum Gasteiger partial charge on any atom is 0.508 e. The molecule has 1 aliphatic carbocycles. The van der Waals surface area contributed by atoms with Crippen LogP contribution in [0.25, 0.3) is 10.8 Å². The number of carbonyl (C=O) groups is 3. The second-order valence-electron chi connectivity index (χ2n) is 10.7. The van der Waals surface area contributed by atoms with E-state index in [2.05, 4.69) is 12.2 Å². The highest BCUT2D eigenvalue weighted by atomic mass is 35.5. The number of hydrogen-bond acceptors (Lipinski definition) is 8. The zero-order valence-corrected chi connectivity index (χ0v) is 25.2. The number of benzene rings is 3. The second kappa shape index (κ2) is 15.3. The molecule has 1 aliphatic rings. The quantitative estimate of drug-likeness (QED) is 0.0787. The Morgan fingerprint density at radius 2 is 1.79 bits per heavy atom. The van der Waals surface area contributed by atoms with E-state index in [0.29, 0.717) is 48.2 Å². The van der Waals surface area contributed by atoms with E-state index < -0.39 is 18.1 Å². The predicted octanol–water partition coefficient (Wildman–Crippen LogP) is 7.53. The molecular formula is C34H36ClNO7. The molecule has 9 heteroatoms. The van der Waals surface area contributed by atoms with Crippen molar-refractivity contribution in [1.29, 1.82) is 0 Å². The van der Waals surface area contributed by atoms with E-state index in [0.717, 1.165) is 41.3 Å². The van der Waals surface area contributed by atoms with E-state index >= 15 is 0 Å². The third-order valence-corrected chi connectivity index (χ3v) is 7.74. The predicted molar refractivity (Wildman–Crippen MR) is 166 cm³/mol. The Kier molecular flexibility index (Phi) is 11.3. The Morgan fingerprint density at radius 3 is 2.53 bits per heavy atom. The van der Waals surface area contributed by atoms with E-state index in [9.17, 15) is 14.4 Å². The summed E-state index contributed by atoms with van der Waals surface area (Å²) >= 11 is 6.91. The normalized spacial score (nSPS) is 17.9. The highest BCUT2D eigenvalue weighted by molar-refractivity contribution is 6.36. The molecule has 0 saturated heterocycles. The minimum Gasteiger partial charge on any atom is -0.456 e. The third kappa shape index (κ3) is 8.89. The number of rotatable bonds is 11. The van der Waals surface area contributed by atoms with Crippen LogP contribution in [0.4, 0.5) is 10.5 Å². The topological polar surface area (TPSA) is 100 Å². The largest absolute Gasteiger partial charge is 0.508 e. The van der Waals surface area contributed by atoms with Gasteiger partial charge in [0.1, 0.15) is 11.9 Å². The molecule has 0 bridgehead atoms. The molecule has 8 nitrogen and oxygen atoms in total. The molecule has 4 rings (SSSR count). The lowest BCUT2D eigenvalue weighted by molar-refractivity contribution is -0.136. The van der Waals surface area contributed by atoms with Crippen molar-refractivity contribution in [3.63, 3.8) is 0 Å². The van der Waals surface area contributed by atoms with Gasteiger partial charge in [-0.25, -0.2) is 14.4 Å². The van der Waals surface area contributed by atoms with Gasteiger partial charge in [-0.15, -0.1) is 6.42 Å². The average Bonchev–Trinajstić information content (AvgIpc) is 2.99. The van der Waals surface area contributed by atoms with E-state index in [1.165, 1.54) is 0 Å². The van der Waals surface area contributed by atoms with Gasteiger partial charge in [-0.3, -0.25) is 0 Å². The van der Waals surface area contributed by atoms with Crippen LogP contribution in [0.15, 0.2) is 54.6 Å². The first-order valence-electron chi connectivity index (χ1n) is 14.5. The number of halogens is 1. The summed E-state index contributed by atoms with van der Waals surface area (Å²) < 4.78 is 21.2. The van der Waals surface area contributed by atoms with Gasteiger partial charge in [0.2, 0.25) is 0 Å². The number of hydrogen-bond donors (Lipinski definition) is 1. The maximum absolute atomic E-state index is 12.8. The van der Waals surface area contributed by atoms with Crippen molar-refractivity contribution < 1.29 is 33.3 Å². The van der Waals surface area contributed by atoms with E-state index in [4.69, 9.17) is 37.0 Å². The monoisotopic (exact) mass is 605 g/mol. The zero-order chi connectivity index (χ0) is 30.8. The van der Waals surface area contributed by atoms with Crippen molar-refractivity contribution in [2.45, 2.75) is 58.0 Å². The van der Waals surface area contributed by atoms with Crippen LogP contribution in [-0.2, 0) is 19.0 Å². The first-order chi connectivity index (χ1) is 20.8. The average molecular weight is 606 g/mol. The first-order valence-corrected chi connectivity index (χ1v) is 14.9. The molecule has 1 N–H and O–H groups in total. The fourth-order valence-corrected chi connectivity index (χ4v) is 5.70. The Hall–Kier alpha value is -4.22. The lowest BCUT2D eigenvalue weighted by atomic mass is 9.77. The number of ether oxygens (including phenoxy) is 4. The van der Waals surface area contributed by atoms with Gasteiger partial charge in [-0.2, -0.15) is 0 Å². The summed E-state index contributed by atoms with van der Waals surface area (Å²) in [5, 5.41) is 5.56. The number of anilines is 1. The van der Waals surface area contributed by atoms with Crippen molar-refractivity contribution in [1.82, 2.24) is 0 Å². The lowest BCUT2D eigenvalue weighted by Crippen LogP contribution is -2.29. The SMILES string of the molecule is C#CC(=O)OCCCNc1ccc(C(=O)Oc2ccc3c(Cl)c(C4CC(C)CC(OC(=O)OCCC)C4)ccc3c2)cc1. The number of fused-ring (bicyclic) bond motifs is 1. The van der Waals surface area contributed by atoms with Crippen molar-refractivity contribution in [3.05, 3.63) is 70.7 Å². The Morgan fingerprint density at radius 1 is 1.00 bits per heavy atom. The second-order valence-corrected chi connectivity index (χ2v) is 11.1. The number of esters is 2. The van der Waals surface area contributed by atoms with Gasteiger partial charge in [0, 0.05) is 23.5 Å². The molecule has 1 saturated carbocycles. The standard InChI is InChI=1S/C34H36ClNO7/c1-4-16-41-34(39)43-28-19-22(3)18-25(21-28)30-13-9-24-20-27(12-14-29(24)32(30)35)42-33(38)23-7-10-26(11-8-23)36-15-6-17-40-31(37)5-2/h2,7-14,20,22,25,28,36H,4,6,15-19,21H2,1,3H3. The molecule has 0 radical (unpaired) electrons. The van der Waals surface area contributed by atoms with Gasteiger partial charge in [0.25, 0.3) is 0 Å². The molecule has 0 aromatic heterocycles.